The number of oxazole rings is 1. The lowest BCUT2D eigenvalue weighted by molar-refractivity contribution is 0.489. The van der Waals surface area contributed by atoms with Gasteiger partial charge in [0, 0.05) is 29.2 Å². The summed E-state index contributed by atoms with van der Waals surface area (Å²) in [6.45, 7) is 2.25. The van der Waals surface area contributed by atoms with E-state index >= 15 is 0 Å². The van der Waals surface area contributed by atoms with Gasteiger partial charge >= 0.3 is 5.76 Å². The van der Waals surface area contributed by atoms with Gasteiger partial charge in [-0.25, -0.2) is 22.6 Å². The van der Waals surface area contributed by atoms with Crippen molar-refractivity contribution in [3.63, 3.8) is 0 Å². The smallest absolute Gasteiger partial charge is 0.408 e. The van der Waals surface area contributed by atoms with Gasteiger partial charge in [0.2, 0.25) is 5.13 Å². The van der Waals surface area contributed by atoms with Crippen LogP contribution in [0.15, 0.2) is 56.8 Å². The van der Waals surface area contributed by atoms with Crippen LogP contribution in [0, 0.1) is 17.7 Å². The van der Waals surface area contributed by atoms with Crippen LogP contribution in [0.4, 0.5) is 9.52 Å². The van der Waals surface area contributed by atoms with Gasteiger partial charge in [0.1, 0.15) is 17.0 Å². The molecule has 12 heteroatoms. The van der Waals surface area contributed by atoms with E-state index < -0.39 is 32.5 Å². The normalized spacial score (nSPS) is 12.3. The Labute approximate surface area is 192 Å². The molecule has 0 unspecified atom stereocenters. The molecule has 33 heavy (non-hydrogen) atoms. The maximum atomic E-state index is 14.9. The van der Waals surface area contributed by atoms with Gasteiger partial charge in [0.15, 0.2) is 5.58 Å². The zero-order valence-electron chi connectivity index (χ0n) is 17.5. The van der Waals surface area contributed by atoms with Crippen molar-refractivity contribution in [3.05, 3.63) is 70.2 Å². The lowest BCUT2D eigenvalue weighted by atomic mass is 10.0. The number of sulfonamides is 1. The monoisotopic (exact) mass is 487 g/mol. The predicted octanol–water partition coefficient (Wildman–Crippen LogP) is 2.57. The SMILES string of the molecule is CNCC#Cc1ccccc1[C@@H](C)n1c(=O)oc2cc(S(=O)(=O)Nc3ncns3)c(F)cc21. The minimum Gasteiger partial charge on any atom is -0.408 e. The van der Waals surface area contributed by atoms with Crippen molar-refractivity contribution in [1.29, 1.82) is 0 Å². The van der Waals surface area contributed by atoms with E-state index in [-0.39, 0.29) is 16.2 Å². The zero-order valence-corrected chi connectivity index (χ0v) is 19.1. The standard InChI is InChI=1S/C21H18FN5O4S2/c1-13(15-8-4-3-6-14(15)7-5-9-23-2)27-17-10-16(22)19(11-18(17)31-21(27)28)33(29,30)26-20-24-12-25-32-20/h3-4,6,8,10-13,23H,9H2,1-2H3,(H,24,25,26)/t13-/m1/s1. The van der Waals surface area contributed by atoms with Gasteiger partial charge in [0.05, 0.1) is 18.1 Å². The Bertz CT molecular complexity index is 1530. The van der Waals surface area contributed by atoms with Gasteiger partial charge in [-0.2, -0.15) is 4.37 Å². The number of fused-ring (bicyclic) bond motifs is 1. The molecule has 0 spiro atoms. The van der Waals surface area contributed by atoms with Crippen molar-refractivity contribution in [1.82, 2.24) is 19.2 Å². The largest absolute Gasteiger partial charge is 0.420 e. The predicted molar refractivity (Wildman–Crippen MR) is 122 cm³/mol. The quantitative estimate of drug-likeness (QED) is 0.401. The number of hydrogen-bond donors (Lipinski definition) is 2. The highest BCUT2D eigenvalue weighted by Crippen LogP contribution is 2.28. The zero-order chi connectivity index (χ0) is 23.6. The number of nitrogens with one attached hydrogen (secondary N) is 2. The van der Waals surface area contributed by atoms with Gasteiger partial charge in [0.25, 0.3) is 10.0 Å². The minimum atomic E-state index is -4.31. The summed E-state index contributed by atoms with van der Waals surface area (Å²) in [6.07, 6.45) is 1.17. The second-order valence-electron chi connectivity index (χ2n) is 6.94. The molecule has 170 valence electrons. The summed E-state index contributed by atoms with van der Waals surface area (Å²) in [7, 11) is -2.53. The Hall–Kier alpha value is -3.53. The van der Waals surface area contributed by atoms with Crippen LogP contribution < -0.4 is 15.8 Å². The molecule has 0 aliphatic heterocycles. The topological polar surface area (TPSA) is 119 Å². The van der Waals surface area contributed by atoms with Crippen LogP contribution in [0.1, 0.15) is 24.1 Å². The maximum absolute atomic E-state index is 14.9. The molecule has 0 saturated carbocycles. The van der Waals surface area contributed by atoms with Crippen LogP contribution in [0.2, 0.25) is 0 Å². The van der Waals surface area contributed by atoms with E-state index in [1.54, 1.807) is 14.0 Å². The second kappa shape index (κ2) is 9.14. The molecule has 4 aromatic rings. The van der Waals surface area contributed by atoms with Crippen molar-refractivity contribution in [3.8, 4) is 11.8 Å². The summed E-state index contributed by atoms with van der Waals surface area (Å²) in [5.41, 5.74) is 1.51. The Morgan fingerprint density at radius 3 is 2.82 bits per heavy atom. The number of halogens is 1. The molecular formula is C21H18FN5O4S2. The summed E-state index contributed by atoms with van der Waals surface area (Å²) < 4.78 is 52.6. The molecule has 4 rings (SSSR count). The first-order chi connectivity index (χ1) is 15.8. The summed E-state index contributed by atoms with van der Waals surface area (Å²) in [5, 5.41) is 2.92. The molecule has 0 amide bonds. The maximum Gasteiger partial charge on any atom is 0.420 e. The molecule has 2 heterocycles. The van der Waals surface area contributed by atoms with Crippen LogP contribution in [0.25, 0.3) is 11.1 Å². The number of rotatable bonds is 6. The molecule has 2 aromatic heterocycles. The lowest BCUT2D eigenvalue weighted by Crippen LogP contribution is -2.20. The fraction of sp³-hybridized carbons (Fsp3) is 0.190. The van der Waals surface area contributed by atoms with E-state index in [9.17, 15) is 17.6 Å². The highest BCUT2D eigenvalue weighted by Gasteiger charge is 2.26. The van der Waals surface area contributed by atoms with E-state index in [0.717, 1.165) is 29.2 Å². The molecule has 9 nitrogen and oxygen atoms in total. The molecule has 0 bridgehead atoms. The van der Waals surface area contributed by atoms with Gasteiger partial charge < -0.3 is 9.73 Å². The molecule has 2 N–H and O–H groups in total. The van der Waals surface area contributed by atoms with E-state index in [1.165, 1.54) is 10.9 Å². The third kappa shape index (κ3) is 4.51. The fourth-order valence-corrected chi connectivity index (χ4v) is 5.08. The van der Waals surface area contributed by atoms with E-state index in [4.69, 9.17) is 4.42 Å². The molecule has 0 saturated heterocycles. The van der Waals surface area contributed by atoms with Gasteiger partial charge in [-0.05, 0) is 25.6 Å². The molecule has 2 aromatic carbocycles. The number of anilines is 1. The molecule has 0 fully saturated rings. The van der Waals surface area contributed by atoms with Crippen LogP contribution >= 0.6 is 11.5 Å². The third-order valence-electron chi connectivity index (χ3n) is 4.83. The van der Waals surface area contributed by atoms with Gasteiger partial charge in [-0.1, -0.05) is 30.0 Å². The highest BCUT2D eigenvalue weighted by molar-refractivity contribution is 7.93. The van der Waals surface area contributed by atoms with Crippen LogP contribution in [0.5, 0.6) is 0 Å². The average molecular weight is 488 g/mol. The van der Waals surface area contributed by atoms with Crippen molar-refractivity contribution >= 4 is 37.8 Å². The Morgan fingerprint density at radius 1 is 1.30 bits per heavy atom. The average Bonchev–Trinajstić information content (AvgIpc) is 3.39. The van der Waals surface area contributed by atoms with Crippen molar-refractivity contribution < 1.29 is 17.2 Å². The highest BCUT2D eigenvalue weighted by atomic mass is 32.2. The Kier molecular flexibility index (Phi) is 6.28. The third-order valence-corrected chi connectivity index (χ3v) is 6.89. The number of aromatic nitrogens is 3. The molecular weight excluding hydrogens is 469 g/mol. The van der Waals surface area contributed by atoms with Crippen LogP contribution in [-0.4, -0.2) is 35.9 Å². The van der Waals surface area contributed by atoms with Crippen molar-refractivity contribution in [2.75, 3.05) is 18.3 Å². The first kappa shape index (κ1) is 22.7. The van der Waals surface area contributed by atoms with Crippen LogP contribution in [0.3, 0.4) is 0 Å². The summed E-state index contributed by atoms with van der Waals surface area (Å²) in [6, 6.07) is 8.69. The van der Waals surface area contributed by atoms with Crippen molar-refractivity contribution in [2.24, 2.45) is 0 Å². The Balaban J connectivity index is 1.79. The Morgan fingerprint density at radius 2 is 2.09 bits per heavy atom. The van der Waals surface area contributed by atoms with Gasteiger partial charge in [-0.15, -0.1) is 0 Å². The molecule has 1 atom stereocenters. The van der Waals surface area contributed by atoms with E-state index in [1.807, 2.05) is 24.3 Å². The molecule has 0 aliphatic rings. The lowest BCUT2D eigenvalue weighted by Gasteiger charge is -2.15. The number of hydrogen-bond acceptors (Lipinski definition) is 8. The summed E-state index contributed by atoms with van der Waals surface area (Å²) >= 11 is 0.804. The van der Waals surface area contributed by atoms with E-state index in [2.05, 4.69) is 31.2 Å². The van der Waals surface area contributed by atoms with Gasteiger partial charge in [-0.3, -0.25) is 9.29 Å². The minimum absolute atomic E-state index is 0.0156. The molecule has 0 radical (unpaired) electrons. The summed E-state index contributed by atoms with van der Waals surface area (Å²) in [5.74, 6) is 4.25. The summed E-state index contributed by atoms with van der Waals surface area (Å²) in [4.78, 5) is 15.8. The first-order valence-electron chi connectivity index (χ1n) is 9.68. The fourth-order valence-electron chi connectivity index (χ4n) is 3.34. The van der Waals surface area contributed by atoms with E-state index in [0.29, 0.717) is 12.1 Å². The first-order valence-corrected chi connectivity index (χ1v) is 11.9. The number of nitrogens with zero attached hydrogens (tertiary/aromatic N) is 3. The second-order valence-corrected chi connectivity index (χ2v) is 9.37. The van der Waals surface area contributed by atoms with Crippen molar-refractivity contribution in [2.45, 2.75) is 17.9 Å². The van der Waals surface area contributed by atoms with Crippen LogP contribution in [-0.2, 0) is 10.0 Å². The number of benzene rings is 2. The molecule has 0 aliphatic carbocycles.